The zero-order valence-corrected chi connectivity index (χ0v) is 11.0. The number of hydrogen-bond donors (Lipinski definition) is 1. The van der Waals surface area contributed by atoms with Crippen molar-refractivity contribution in [2.45, 2.75) is 26.9 Å². The normalized spacial score (nSPS) is 18.4. The molecule has 2 rings (SSSR count). The Morgan fingerprint density at radius 3 is 2.89 bits per heavy atom. The van der Waals surface area contributed by atoms with Crippen LogP contribution in [0.4, 0.5) is 5.69 Å². The third-order valence-electron chi connectivity index (χ3n) is 3.20. The maximum absolute atomic E-state index is 10.9. The van der Waals surface area contributed by atoms with Crippen LogP contribution in [0, 0.1) is 12.8 Å². The summed E-state index contributed by atoms with van der Waals surface area (Å²) in [5, 5.41) is 8.99. The zero-order valence-electron chi connectivity index (χ0n) is 11.0. The molecule has 0 fully saturated rings. The molecule has 1 aliphatic rings. The lowest BCUT2D eigenvalue weighted by atomic mass is 10.0. The summed E-state index contributed by atoms with van der Waals surface area (Å²) in [6.07, 6.45) is 0.0404. The Balaban J connectivity index is 2.33. The molecule has 1 aromatic carbocycles. The lowest BCUT2D eigenvalue weighted by molar-refractivity contribution is -0.135. The van der Waals surface area contributed by atoms with Crippen LogP contribution in [0.25, 0.3) is 0 Å². The fourth-order valence-corrected chi connectivity index (χ4v) is 2.15. The summed E-state index contributed by atoms with van der Waals surface area (Å²) in [5.41, 5.74) is 1.99. The molecule has 1 atom stereocenters. The van der Waals surface area contributed by atoms with E-state index in [0.717, 1.165) is 17.0 Å². The minimum Gasteiger partial charge on any atom is -0.486 e. The fraction of sp³-hybridized carbons (Fsp3) is 0.500. The van der Waals surface area contributed by atoms with E-state index in [1.807, 2.05) is 30.0 Å². The topological polar surface area (TPSA) is 49.8 Å². The van der Waals surface area contributed by atoms with Gasteiger partial charge >= 0.3 is 5.97 Å². The highest BCUT2D eigenvalue weighted by atomic mass is 16.5. The molecule has 1 N–H and O–H groups in total. The molecule has 1 unspecified atom stereocenters. The molecule has 0 saturated heterocycles. The summed E-state index contributed by atoms with van der Waals surface area (Å²) in [4.78, 5) is 12.8. The van der Waals surface area contributed by atoms with Crippen LogP contribution in [0.5, 0.6) is 5.75 Å². The van der Waals surface area contributed by atoms with E-state index in [1.54, 1.807) is 0 Å². The Bertz CT molecular complexity index is 456. The van der Waals surface area contributed by atoms with E-state index in [9.17, 15) is 4.79 Å². The van der Waals surface area contributed by atoms with Gasteiger partial charge in [0.2, 0.25) is 0 Å². The molecule has 0 spiro atoms. The molecule has 0 radical (unpaired) electrons. The SMILES string of the molecule is Cc1ccc2c(c1)OC(C(C)C)CN2CC(=O)O. The maximum Gasteiger partial charge on any atom is 0.323 e. The Kier molecular flexibility index (Phi) is 3.45. The van der Waals surface area contributed by atoms with Crippen molar-refractivity contribution in [3.8, 4) is 5.75 Å². The molecule has 0 bridgehead atoms. The van der Waals surface area contributed by atoms with Crippen LogP contribution in [-0.4, -0.2) is 30.3 Å². The van der Waals surface area contributed by atoms with Crippen LogP contribution in [0.15, 0.2) is 18.2 Å². The highest BCUT2D eigenvalue weighted by molar-refractivity contribution is 5.75. The second-order valence-electron chi connectivity index (χ2n) is 5.15. The number of rotatable bonds is 3. The predicted octanol–water partition coefficient (Wildman–Crippen LogP) is 2.30. The summed E-state index contributed by atoms with van der Waals surface area (Å²) in [7, 11) is 0. The first-order valence-electron chi connectivity index (χ1n) is 6.21. The summed E-state index contributed by atoms with van der Waals surface area (Å²) < 4.78 is 5.95. The fourth-order valence-electron chi connectivity index (χ4n) is 2.15. The van der Waals surface area contributed by atoms with E-state index in [2.05, 4.69) is 13.8 Å². The van der Waals surface area contributed by atoms with Gasteiger partial charge in [-0.2, -0.15) is 0 Å². The number of ether oxygens (including phenoxy) is 1. The Hall–Kier alpha value is -1.71. The van der Waals surface area contributed by atoms with E-state index >= 15 is 0 Å². The number of carboxylic acid groups (broad SMARTS) is 1. The standard InChI is InChI=1S/C14H19NO3/c1-9(2)13-7-15(8-14(16)17)11-5-4-10(3)6-12(11)18-13/h4-6,9,13H,7-8H2,1-3H3,(H,16,17). The molecule has 0 aromatic heterocycles. The second kappa shape index (κ2) is 4.88. The summed E-state index contributed by atoms with van der Waals surface area (Å²) in [6.45, 7) is 6.82. The van der Waals surface area contributed by atoms with Crippen molar-refractivity contribution < 1.29 is 14.6 Å². The van der Waals surface area contributed by atoms with Crippen molar-refractivity contribution in [3.63, 3.8) is 0 Å². The highest BCUT2D eigenvalue weighted by Gasteiger charge is 2.28. The number of benzene rings is 1. The van der Waals surface area contributed by atoms with E-state index < -0.39 is 5.97 Å². The van der Waals surface area contributed by atoms with Gasteiger partial charge in [0.05, 0.1) is 12.2 Å². The van der Waals surface area contributed by atoms with Gasteiger partial charge in [0.25, 0.3) is 0 Å². The van der Waals surface area contributed by atoms with Gasteiger partial charge in [-0.1, -0.05) is 19.9 Å². The Labute approximate surface area is 107 Å². The monoisotopic (exact) mass is 249 g/mol. The molecule has 1 aromatic rings. The maximum atomic E-state index is 10.9. The number of fused-ring (bicyclic) bond motifs is 1. The number of nitrogens with zero attached hydrogens (tertiary/aromatic N) is 1. The first kappa shape index (κ1) is 12.7. The number of carbonyl (C=O) groups is 1. The van der Waals surface area contributed by atoms with Crippen LogP contribution in [-0.2, 0) is 4.79 Å². The Morgan fingerprint density at radius 2 is 2.28 bits per heavy atom. The van der Waals surface area contributed by atoms with Crippen molar-refractivity contribution in [2.75, 3.05) is 18.0 Å². The average molecular weight is 249 g/mol. The van der Waals surface area contributed by atoms with Crippen molar-refractivity contribution in [2.24, 2.45) is 5.92 Å². The van der Waals surface area contributed by atoms with Gasteiger partial charge in [-0.15, -0.1) is 0 Å². The van der Waals surface area contributed by atoms with E-state index in [-0.39, 0.29) is 12.6 Å². The number of aliphatic carboxylic acids is 1. The second-order valence-corrected chi connectivity index (χ2v) is 5.15. The van der Waals surface area contributed by atoms with Gasteiger partial charge in [-0.3, -0.25) is 4.79 Å². The average Bonchev–Trinajstić information content (AvgIpc) is 2.27. The number of aryl methyl sites for hydroxylation is 1. The van der Waals surface area contributed by atoms with Crippen molar-refractivity contribution in [1.29, 1.82) is 0 Å². The molecule has 4 nitrogen and oxygen atoms in total. The van der Waals surface area contributed by atoms with Gasteiger partial charge in [0, 0.05) is 0 Å². The number of hydrogen-bond acceptors (Lipinski definition) is 3. The lowest BCUT2D eigenvalue weighted by Crippen LogP contribution is -2.44. The summed E-state index contributed by atoms with van der Waals surface area (Å²) >= 11 is 0. The molecule has 0 amide bonds. The van der Waals surface area contributed by atoms with Crippen LogP contribution < -0.4 is 9.64 Å². The van der Waals surface area contributed by atoms with Crippen LogP contribution >= 0.6 is 0 Å². The van der Waals surface area contributed by atoms with Crippen LogP contribution in [0.2, 0.25) is 0 Å². The largest absolute Gasteiger partial charge is 0.486 e. The number of anilines is 1. The Morgan fingerprint density at radius 1 is 1.56 bits per heavy atom. The summed E-state index contributed by atoms with van der Waals surface area (Å²) in [5.74, 6) is 0.335. The van der Waals surface area contributed by atoms with Gasteiger partial charge in [0.15, 0.2) is 0 Å². The first-order chi connectivity index (χ1) is 8.47. The van der Waals surface area contributed by atoms with Crippen molar-refractivity contribution in [3.05, 3.63) is 23.8 Å². The quantitative estimate of drug-likeness (QED) is 0.893. The van der Waals surface area contributed by atoms with Gasteiger partial charge in [-0.05, 0) is 30.5 Å². The number of carboxylic acids is 1. The molecule has 0 aliphatic carbocycles. The zero-order chi connectivity index (χ0) is 13.3. The van der Waals surface area contributed by atoms with Gasteiger partial charge in [0.1, 0.15) is 18.4 Å². The molecule has 98 valence electrons. The van der Waals surface area contributed by atoms with Gasteiger partial charge in [-0.25, -0.2) is 0 Å². The third-order valence-corrected chi connectivity index (χ3v) is 3.20. The van der Waals surface area contributed by atoms with Crippen LogP contribution in [0.1, 0.15) is 19.4 Å². The van der Waals surface area contributed by atoms with E-state index in [0.29, 0.717) is 12.5 Å². The molecular formula is C14H19NO3. The smallest absolute Gasteiger partial charge is 0.323 e. The molecule has 0 saturated carbocycles. The van der Waals surface area contributed by atoms with Crippen LogP contribution in [0.3, 0.4) is 0 Å². The molecular weight excluding hydrogens is 230 g/mol. The van der Waals surface area contributed by atoms with E-state index in [1.165, 1.54) is 0 Å². The van der Waals surface area contributed by atoms with Crippen molar-refractivity contribution >= 4 is 11.7 Å². The first-order valence-corrected chi connectivity index (χ1v) is 6.21. The summed E-state index contributed by atoms with van der Waals surface area (Å²) in [6, 6.07) is 5.88. The third kappa shape index (κ3) is 2.58. The lowest BCUT2D eigenvalue weighted by Gasteiger charge is -2.37. The predicted molar refractivity (Wildman–Crippen MR) is 70.3 cm³/mol. The molecule has 1 heterocycles. The molecule has 4 heteroatoms. The molecule has 18 heavy (non-hydrogen) atoms. The highest BCUT2D eigenvalue weighted by Crippen LogP contribution is 2.35. The molecule has 1 aliphatic heterocycles. The van der Waals surface area contributed by atoms with Crippen molar-refractivity contribution in [1.82, 2.24) is 0 Å². The minimum atomic E-state index is -0.814. The van der Waals surface area contributed by atoms with Gasteiger partial charge < -0.3 is 14.7 Å². The minimum absolute atomic E-state index is 0.0165. The van der Waals surface area contributed by atoms with E-state index in [4.69, 9.17) is 9.84 Å².